The monoisotopic (exact) mass is 290 g/mol. The Morgan fingerprint density at radius 1 is 1.33 bits per heavy atom. The molecule has 6 heteroatoms. The maximum atomic E-state index is 12.0. The molecule has 1 heterocycles. The van der Waals surface area contributed by atoms with Gasteiger partial charge in [-0.1, -0.05) is 0 Å². The number of anilines is 2. The van der Waals surface area contributed by atoms with Crippen molar-refractivity contribution in [1.82, 2.24) is 0 Å². The third kappa shape index (κ3) is 3.59. The first-order valence-electron chi connectivity index (χ1n) is 6.86. The van der Waals surface area contributed by atoms with Gasteiger partial charge >= 0.3 is 5.97 Å². The molecule has 1 aliphatic heterocycles. The molecule has 21 heavy (non-hydrogen) atoms. The normalized spacial score (nSPS) is 17.7. The van der Waals surface area contributed by atoms with Crippen LogP contribution in [-0.4, -0.2) is 30.9 Å². The molecule has 1 fully saturated rings. The molecule has 0 unspecified atom stereocenters. The molecule has 0 spiro atoms. The molecular weight excluding hydrogens is 272 g/mol. The summed E-state index contributed by atoms with van der Waals surface area (Å²) >= 11 is 0. The molecule has 112 valence electrons. The van der Waals surface area contributed by atoms with E-state index in [1.807, 2.05) is 0 Å². The van der Waals surface area contributed by atoms with E-state index in [1.54, 1.807) is 36.1 Å². The van der Waals surface area contributed by atoms with Crippen LogP contribution in [0.4, 0.5) is 11.4 Å². The number of hydrogen-bond acceptors (Lipinski definition) is 4. The number of hydrogen-bond donors (Lipinski definition) is 1. The SMILES string of the molecule is CCOC(=O)[C@H]1CC(=O)N(c2ccc(NC(C)=O)cc2)C1. The van der Waals surface area contributed by atoms with Crippen LogP contribution in [0.3, 0.4) is 0 Å². The number of carbonyl (C=O) groups excluding carboxylic acids is 3. The summed E-state index contributed by atoms with van der Waals surface area (Å²) in [6.45, 7) is 3.82. The summed E-state index contributed by atoms with van der Waals surface area (Å²) in [4.78, 5) is 36.2. The van der Waals surface area contributed by atoms with Gasteiger partial charge in [0.05, 0.1) is 12.5 Å². The molecule has 6 nitrogen and oxygen atoms in total. The molecule has 0 radical (unpaired) electrons. The van der Waals surface area contributed by atoms with Crippen molar-refractivity contribution in [1.29, 1.82) is 0 Å². The fourth-order valence-corrected chi connectivity index (χ4v) is 2.30. The van der Waals surface area contributed by atoms with Crippen LogP contribution >= 0.6 is 0 Å². The maximum absolute atomic E-state index is 12.0. The highest BCUT2D eigenvalue weighted by Crippen LogP contribution is 2.26. The minimum atomic E-state index is -0.410. The highest BCUT2D eigenvalue weighted by molar-refractivity contribution is 5.99. The van der Waals surface area contributed by atoms with E-state index in [0.29, 0.717) is 24.5 Å². The average Bonchev–Trinajstić information content (AvgIpc) is 2.81. The largest absolute Gasteiger partial charge is 0.466 e. The van der Waals surface area contributed by atoms with Crippen molar-refractivity contribution in [3.05, 3.63) is 24.3 Å². The van der Waals surface area contributed by atoms with Gasteiger partial charge in [0.2, 0.25) is 11.8 Å². The van der Waals surface area contributed by atoms with E-state index >= 15 is 0 Å². The van der Waals surface area contributed by atoms with Crippen molar-refractivity contribution in [2.45, 2.75) is 20.3 Å². The van der Waals surface area contributed by atoms with Crippen LogP contribution in [0.1, 0.15) is 20.3 Å². The Labute approximate surface area is 123 Å². The zero-order chi connectivity index (χ0) is 15.4. The molecule has 0 bridgehead atoms. The highest BCUT2D eigenvalue weighted by atomic mass is 16.5. The molecule has 1 atom stereocenters. The lowest BCUT2D eigenvalue weighted by Crippen LogP contribution is -2.26. The molecule has 1 aromatic carbocycles. The first kappa shape index (κ1) is 15.0. The Morgan fingerprint density at radius 2 is 2.00 bits per heavy atom. The number of amides is 2. The minimum Gasteiger partial charge on any atom is -0.466 e. The van der Waals surface area contributed by atoms with Crippen LogP contribution in [0.25, 0.3) is 0 Å². The lowest BCUT2D eigenvalue weighted by atomic mass is 10.1. The Bertz CT molecular complexity index is 553. The van der Waals surface area contributed by atoms with Gasteiger partial charge in [-0.25, -0.2) is 0 Å². The summed E-state index contributed by atoms with van der Waals surface area (Å²) in [6.07, 6.45) is 0.173. The lowest BCUT2D eigenvalue weighted by molar-refractivity contribution is -0.147. The van der Waals surface area contributed by atoms with Crippen molar-refractivity contribution in [2.24, 2.45) is 5.92 Å². The third-order valence-electron chi connectivity index (χ3n) is 3.24. The zero-order valence-corrected chi connectivity index (χ0v) is 12.1. The predicted octanol–water partition coefficient (Wildman–Crippen LogP) is 1.56. The minimum absolute atomic E-state index is 0.0969. The first-order valence-corrected chi connectivity index (χ1v) is 6.86. The molecule has 0 aliphatic carbocycles. The van der Waals surface area contributed by atoms with Crippen molar-refractivity contribution in [2.75, 3.05) is 23.4 Å². The number of carbonyl (C=O) groups is 3. The van der Waals surface area contributed by atoms with Gasteiger partial charge in [-0.05, 0) is 31.2 Å². The fraction of sp³-hybridized carbons (Fsp3) is 0.400. The summed E-state index contributed by atoms with van der Waals surface area (Å²) in [5.41, 5.74) is 1.38. The Balaban J connectivity index is 2.06. The zero-order valence-electron chi connectivity index (χ0n) is 12.1. The first-order chi connectivity index (χ1) is 10.0. The molecule has 2 rings (SSSR count). The van der Waals surface area contributed by atoms with E-state index in [9.17, 15) is 14.4 Å². The van der Waals surface area contributed by atoms with E-state index in [4.69, 9.17) is 4.74 Å². The van der Waals surface area contributed by atoms with E-state index < -0.39 is 5.92 Å². The highest BCUT2D eigenvalue weighted by Gasteiger charge is 2.35. The van der Waals surface area contributed by atoms with Crippen LogP contribution < -0.4 is 10.2 Å². The van der Waals surface area contributed by atoms with Gasteiger partial charge in [-0.2, -0.15) is 0 Å². The van der Waals surface area contributed by atoms with Crippen LogP contribution in [0.5, 0.6) is 0 Å². The number of nitrogens with zero attached hydrogens (tertiary/aromatic N) is 1. The molecule has 1 saturated heterocycles. The summed E-state index contributed by atoms with van der Waals surface area (Å²) < 4.78 is 4.96. The van der Waals surface area contributed by atoms with Gasteiger partial charge in [-0.15, -0.1) is 0 Å². The van der Waals surface area contributed by atoms with Crippen molar-refractivity contribution >= 4 is 29.2 Å². The molecule has 0 aromatic heterocycles. The summed E-state index contributed by atoms with van der Waals surface area (Å²) in [6, 6.07) is 6.94. The molecule has 0 saturated carbocycles. The van der Waals surface area contributed by atoms with Crippen molar-refractivity contribution < 1.29 is 19.1 Å². The standard InChI is InChI=1S/C15H18N2O4/c1-3-21-15(20)11-8-14(19)17(9-11)13-6-4-12(5-7-13)16-10(2)18/h4-7,11H,3,8-9H2,1-2H3,(H,16,18)/t11-/m0/s1. The second kappa shape index (κ2) is 6.39. The summed E-state index contributed by atoms with van der Waals surface area (Å²) in [5.74, 6) is -0.988. The molecule has 1 aromatic rings. The molecular formula is C15H18N2O4. The topological polar surface area (TPSA) is 75.7 Å². The van der Waals surface area contributed by atoms with Gasteiger partial charge in [0.1, 0.15) is 0 Å². The second-order valence-electron chi connectivity index (χ2n) is 4.89. The Hall–Kier alpha value is -2.37. The summed E-state index contributed by atoms with van der Waals surface area (Å²) in [7, 11) is 0. The predicted molar refractivity (Wildman–Crippen MR) is 77.8 cm³/mol. The third-order valence-corrected chi connectivity index (χ3v) is 3.24. The van der Waals surface area contributed by atoms with Crippen LogP contribution in [0, 0.1) is 5.92 Å². The van der Waals surface area contributed by atoms with Crippen molar-refractivity contribution in [3.8, 4) is 0 Å². The van der Waals surface area contributed by atoms with E-state index in [-0.39, 0.29) is 24.2 Å². The van der Waals surface area contributed by atoms with Gasteiger partial charge in [0.15, 0.2) is 0 Å². The van der Waals surface area contributed by atoms with Gasteiger partial charge in [0.25, 0.3) is 0 Å². The second-order valence-corrected chi connectivity index (χ2v) is 4.89. The van der Waals surface area contributed by atoms with E-state index in [0.717, 1.165) is 0 Å². The maximum Gasteiger partial charge on any atom is 0.311 e. The lowest BCUT2D eigenvalue weighted by Gasteiger charge is -2.17. The van der Waals surface area contributed by atoms with Crippen LogP contribution in [0.2, 0.25) is 0 Å². The fourth-order valence-electron chi connectivity index (χ4n) is 2.30. The quantitative estimate of drug-likeness (QED) is 0.854. The number of rotatable bonds is 4. The van der Waals surface area contributed by atoms with E-state index in [1.165, 1.54) is 6.92 Å². The number of nitrogens with one attached hydrogen (secondary N) is 1. The van der Waals surface area contributed by atoms with Crippen LogP contribution in [-0.2, 0) is 19.1 Å². The van der Waals surface area contributed by atoms with Crippen molar-refractivity contribution in [3.63, 3.8) is 0 Å². The molecule has 1 aliphatic rings. The van der Waals surface area contributed by atoms with Gasteiger partial charge in [0, 0.05) is 31.3 Å². The van der Waals surface area contributed by atoms with Gasteiger partial charge < -0.3 is 15.0 Å². The van der Waals surface area contributed by atoms with E-state index in [2.05, 4.69) is 5.32 Å². The number of esters is 1. The smallest absolute Gasteiger partial charge is 0.311 e. The number of ether oxygens (including phenoxy) is 1. The number of benzene rings is 1. The Morgan fingerprint density at radius 3 is 2.57 bits per heavy atom. The summed E-state index contributed by atoms with van der Waals surface area (Å²) in [5, 5.41) is 2.66. The Kier molecular flexibility index (Phi) is 4.57. The van der Waals surface area contributed by atoms with Gasteiger partial charge in [-0.3, -0.25) is 14.4 Å². The molecule has 1 N–H and O–H groups in total. The van der Waals surface area contributed by atoms with Crippen LogP contribution in [0.15, 0.2) is 24.3 Å². The molecule has 2 amide bonds. The average molecular weight is 290 g/mol.